The van der Waals surface area contributed by atoms with E-state index in [0.29, 0.717) is 5.02 Å². The molecule has 0 spiro atoms. The van der Waals surface area contributed by atoms with Crippen molar-refractivity contribution in [2.24, 2.45) is 0 Å². The second-order valence-corrected chi connectivity index (χ2v) is 5.54. The molecule has 2 N–H and O–H groups in total. The normalized spacial score (nSPS) is 17.0. The highest BCUT2D eigenvalue weighted by Crippen LogP contribution is 2.17. The predicted octanol–water partition coefficient (Wildman–Crippen LogP) is 0.701. The molecule has 1 atom stereocenters. The average Bonchev–Trinajstić information content (AvgIpc) is 2.55. The number of nitrogens with one attached hydrogen (secondary N) is 2. The quantitative estimate of drug-likeness (QED) is 0.855. The van der Waals surface area contributed by atoms with Crippen molar-refractivity contribution in [1.29, 1.82) is 0 Å². The summed E-state index contributed by atoms with van der Waals surface area (Å²) in [6.45, 7) is 4.80. The number of rotatable bonds is 3. The number of hydrogen-bond acceptors (Lipinski definition) is 5. The SMILES string of the molecule is CNC(=O)NC(=O)C(C)N1CCN(c2ccc(Cl)cn2)CC1. The molecular weight excluding hydrogens is 306 g/mol. The van der Waals surface area contributed by atoms with Crippen LogP contribution < -0.4 is 15.5 Å². The van der Waals surface area contributed by atoms with Crippen LogP contribution in [0.4, 0.5) is 10.6 Å². The van der Waals surface area contributed by atoms with Gasteiger partial charge in [-0.3, -0.25) is 15.0 Å². The number of nitrogens with zero attached hydrogens (tertiary/aromatic N) is 3. The number of imide groups is 1. The van der Waals surface area contributed by atoms with Gasteiger partial charge >= 0.3 is 6.03 Å². The maximum absolute atomic E-state index is 11.9. The first-order chi connectivity index (χ1) is 10.5. The Hall–Kier alpha value is -1.86. The van der Waals surface area contributed by atoms with Gasteiger partial charge in [0, 0.05) is 39.4 Å². The minimum Gasteiger partial charge on any atom is -0.354 e. The summed E-state index contributed by atoms with van der Waals surface area (Å²) < 4.78 is 0. The topological polar surface area (TPSA) is 77.6 Å². The highest BCUT2D eigenvalue weighted by molar-refractivity contribution is 6.30. The summed E-state index contributed by atoms with van der Waals surface area (Å²) in [5, 5.41) is 5.29. The minimum absolute atomic E-state index is 0.294. The lowest BCUT2D eigenvalue weighted by molar-refractivity contribution is -0.124. The molecule has 8 heteroatoms. The Kier molecular flexibility index (Phi) is 5.57. The predicted molar refractivity (Wildman–Crippen MR) is 85.1 cm³/mol. The lowest BCUT2D eigenvalue weighted by atomic mass is 10.2. The highest BCUT2D eigenvalue weighted by Gasteiger charge is 2.26. The molecule has 22 heavy (non-hydrogen) atoms. The molecule has 0 aliphatic carbocycles. The molecule has 7 nitrogen and oxygen atoms in total. The summed E-state index contributed by atoms with van der Waals surface area (Å²) in [6, 6.07) is 2.87. The molecule has 1 aliphatic heterocycles. The fourth-order valence-corrected chi connectivity index (χ4v) is 2.45. The summed E-state index contributed by atoms with van der Waals surface area (Å²) in [7, 11) is 1.48. The second kappa shape index (κ2) is 7.42. The lowest BCUT2D eigenvalue weighted by Crippen LogP contribution is -2.55. The van der Waals surface area contributed by atoms with Crippen LogP contribution in [0.15, 0.2) is 18.3 Å². The van der Waals surface area contributed by atoms with Gasteiger partial charge in [0.1, 0.15) is 5.82 Å². The van der Waals surface area contributed by atoms with Crippen LogP contribution in [0.25, 0.3) is 0 Å². The molecule has 0 radical (unpaired) electrons. The van der Waals surface area contributed by atoms with Gasteiger partial charge in [-0.05, 0) is 19.1 Å². The van der Waals surface area contributed by atoms with E-state index in [9.17, 15) is 9.59 Å². The Labute approximate surface area is 134 Å². The van der Waals surface area contributed by atoms with Crippen LogP contribution in [0.1, 0.15) is 6.92 Å². The van der Waals surface area contributed by atoms with Crippen molar-refractivity contribution in [1.82, 2.24) is 20.5 Å². The smallest absolute Gasteiger partial charge is 0.321 e. The Morgan fingerprint density at radius 3 is 2.50 bits per heavy atom. The number of aromatic nitrogens is 1. The van der Waals surface area contributed by atoms with Crippen LogP contribution in [0.5, 0.6) is 0 Å². The van der Waals surface area contributed by atoms with Crippen molar-refractivity contribution in [2.75, 3.05) is 38.1 Å². The number of halogens is 1. The fraction of sp³-hybridized carbons (Fsp3) is 0.500. The van der Waals surface area contributed by atoms with Gasteiger partial charge in [0.25, 0.3) is 0 Å². The number of hydrogen-bond donors (Lipinski definition) is 2. The number of amides is 3. The number of carbonyl (C=O) groups is 2. The molecule has 120 valence electrons. The van der Waals surface area contributed by atoms with Crippen LogP contribution in [0.2, 0.25) is 5.02 Å². The summed E-state index contributed by atoms with van der Waals surface area (Å²) in [4.78, 5) is 31.6. The van der Waals surface area contributed by atoms with Gasteiger partial charge in [-0.2, -0.15) is 0 Å². The van der Waals surface area contributed by atoms with Crippen LogP contribution in [-0.4, -0.2) is 61.1 Å². The average molecular weight is 326 g/mol. The molecule has 1 aromatic rings. The van der Waals surface area contributed by atoms with Gasteiger partial charge in [-0.15, -0.1) is 0 Å². The monoisotopic (exact) mass is 325 g/mol. The van der Waals surface area contributed by atoms with Crippen molar-refractivity contribution >= 4 is 29.4 Å². The molecule has 2 heterocycles. The molecule has 1 unspecified atom stereocenters. The van der Waals surface area contributed by atoms with Crippen molar-refractivity contribution in [3.8, 4) is 0 Å². The van der Waals surface area contributed by atoms with Crippen molar-refractivity contribution in [3.63, 3.8) is 0 Å². The molecule has 1 aliphatic rings. The first kappa shape index (κ1) is 16.5. The van der Waals surface area contributed by atoms with Crippen LogP contribution in [-0.2, 0) is 4.79 Å². The third-order valence-corrected chi connectivity index (χ3v) is 3.96. The van der Waals surface area contributed by atoms with Gasteiger partial charge < -0.3 is 10.2 Å². The Morgan fingerprint density at radius 1 is 1.27 bits per heavy atom. The maximum Gasteiger partial charge on any atom is 0.321 e. The Bertz CT molecular complexity index is 529. The van der Waals surface area contributed by atoms with E-state index in [0.717, 1.165) is 32.0 Å². The highest BCUT2D eigenvalue weighted by atomic mass is 35.5. The number of carbonyl (C=O) groups excluding carboxylic acids is 2. The summed E-state index contributed by atoms with van der Waals surface area (Å²) in [5.74, 6) is 0.587. The first-order valence-corrected chi connectivity index (χ1v) is 7.52. The molecule has 0 bridgehead atoms. The standard InChI is InChI=1S/C14H20ClN5O2/c1-10(13(21)18-14(22)16-2)19-5-7-20(8-6-19)12-4-3-11(15)9-17-12/h3-4,9-10H,5-8H2,1-2H3,(H2,16,18,21,22). The van der Waals surface area contributed by atoms with Crippen molar-refractivity contribution in [3.05, 3.63) is 23.4 Å². The maximum atomic E-state index is 11.9. The van der Waals surface area contributed by atoms with E-state index in [-0.39, 0.29) is 11.9 Å². The van der Waals surface area contributed by atoms with Crippen LogP contribution in [0.3, 0.4) is 0 Å². The second-order valence-electron chi connectivity index (χ2n) is 5.10. The molecule has 1 aromatic heterocycles. The molecular formula is C14H20ClN5O2. The molecule has 1 saturated heterocycles. The molecule has 3 amide bonds. The zero-order valence-corrected chi connectivity index (χ0v) is 13.4. The minimum atomic E-state index is -0.485. The molecule has 0 aromatic carbocycles. The van der Waals surface area contributed by atoms with Gasteiger partial charge in [-0.1, -0.05) is 11.6 Å². The van der Waals surface area contributed by atoms with Crippen molar-refractivity contribution in [2.45, 2.75) is 13.0 Å². The number of anilines is 1. The van der Waals surface area contributed by atoms with E-state index in [2.05, 4.69) is 20.5 Å². The number of urea groups is 1. The number of pyridine rings is 1. The van der Waals surface area contributed by atoms with E-state index in [1.165, 1.54) is 7.05 Å². The van der Waals surface area contributed by atoms with Gasteiger partial charge in [-0.25, -0.2) is 9.78 Å². The van der Waals surface area contributed by atoms with E-state index in [1.54, 1.807) is 13.1 Å². The number of piperazine rings is 1. The third kappa shape index (κ3) is 4.08. The Morgan fingerprint density at radius 2 is 1.95 bits per heavy atom. The molecule has 0 saturated carbocycles. The lowest BCUT2D eigenvalue weighted by Gasteiger charge is -2.37. The Balaban J connectivity index is 1.87. The van der Waals surface area contributed by atoms with E-state index in [4.69, 9.17) is 11.6 Å². The van der Waals surface area contributed by atoms with E-state index < -0.39 is 6.03 Å². The molecule has 2 rings (SSSR count). The van der Waals surface area contributed by atoms with E-state index >= 15 is 0 Å². The zero-order valence-electron chi connectivity index (χ0n) is 12.7. The zero-order chi connectivity index (χ0) is 16.1. The van der Waals surface area contributed by atoms with Crippen LogP contribution in [0, 0.1) is 0 Å². The summed E-state index contributed by atoms with van der Waals surface area (Å²) in [6.07, 6.45) is 1.63. The van der Waals surface area contributed by atoms with Crippen LogP contribution >= 0.6 is 11.6 Å². The van der Waals surface area contributed by atoms with E-state index in [1.807, 2.05) is 17.0 Å². The fourth-order valence-electron chi connectivity index (χ4n) is 2.34. The summed E-state index contributed by atoms with van der Waals surface area (Å²) in [5.41, 5.74) is 0. The van der Waals surface area contributed by atoms with Gasteiger partial charge in [0.2, 0.25) is 5.91 Å². The van der Waals surface area contributed by atoms with Gasteiger partial charge in [0.15, 0.2) is 0 Å². The largest absolute Gasteiger partial charge is 0.354 e. The van der Waals surface area contributed by atoms with Gasteiger partial charge in [0.05, 0.1) is 11.1 Å². The molecule has 1 fully saturated rings. The van der Waals surface area contributed by atoms with Crippen molar-refractivity contribution < 1.29 is 9.59 Å². The first-order valence-electron chi connectivity index (χ1n) is 7.14. The summed E-state index contributed by atoms with van der Waals surface area (Å²) >= 11 is 5.84. The third-order valence-electron chi connectivity index (χ3n) is 3.74.